The SMILES string of the molecule is B1c2ccccc2N(c2ccc(-c3ccccc3)cc2)c2cc(-c3ccccc3)cc(-c3c4[nH]c5ccccc5c4c4c5c3c3ccccc3n5B3c5ccccc5N(c5ccc(-c6ccccc6)cc5)c5cc(-c6ccccc6)cc-4c53)c21. The summed E-state index contributed by atoms with van der Waals surface area (Å²) in [6, 6.07) is 108. The number of aromatic nitrogens is 2. The molecule has 0 bridgehead atoms. The maximum Gasteiger partial charge on any atom is 0.333 e. The van der Waals surface area contributed by atoms with E-state index in [0.29, 0.717) is 0 Å². The van der Waals surface area contributed by atoms with Gasteiger partial charge in [-0.25, -0.2) is 0 Å². The van der Waals surface area contributed by atoms with Crippen LogP contribution in [0.2, 0.25) is 0 Å². The Hall–Kier alpha value is -10.8. The van der Waals surface area contributed by atoms with Gasteiger partial charge in [0.2, 0.25) is 0 Å². The van der Waals surface area contributed by atoms with E-state index in [2.05, 4.69) is 310 Å². The zero-order valence-corrected chi connectivity index (χ0v) is 45.8. The number of nitrogens with zero attached hydrogens (tertiary/aromatic N) is 3. The van der Waals surface area contributed by atoms with Crippen LogP contribution >= 0.6 is 0 Å². The highest BCUT2D eigenvalue weighted by atomic mass is 15.2. The van der Waals surface area contributed by atoms with Crippen LogP contribution in [0.5, 0.6) is 0 Å². The Morgan fingerprint density at radius 1 is 0.345 bits per heavy atom. The van der Waals surface area contributed by atoms with Crippen molar-refractivity contribution in [3.63, 3.8) is 0 Å². The molecule has 6 heteroatoms. The van der Waals surface area contributed by atoms with Crippen molar-refractivity contribution in [1.29, 1.82) is 0 Å². The molecule has 388 valence electrons. The minimum absolute atomic E-state index is 0.146. The van der Waals surface area contributed by atoms with E-state index in [9.17, 15) is 0 Å². The number of anilines is 6. The monoisotopic (exact) mass is 1060 g/mol. The third-order valence-corrected chi connectivity index (χ3v) is 18.3. The van der Waals surface area contributed by atoms with Gasteiger partial charge in [0, 0.05) is 83.3 Å². The molecule has 4 nitrogen and oxygen atoms in total. The number of nitrogens with one attached hydrogen (secondary N) is 1. The minimum Gasteiger partial charge on any atom is -0.375 e. The zero-order chi connectivity index (χ0) is 55.0. The Balaban J connectivity index is 0.976. The molecule has 0 amide bonds. The molecule has 15 aromatic rings. The molecule has 3 aliphatic rings. The highest BCUT2D eigenvalue weighted by Crippen LogP contribution is 2.54. The second-order valence-electron chi connectivity index (χ2n) is 22.8. The van der Waals surface area contributed by atoms with Crippen LogP contribution in [0, 0.1) is 0 Å². The van der Waals surface area contributed by atoms with E-state index in [-0.39, 0.29) is 6.85 Å². The molecular formula is C78H50B2N4. The van der Waals surface area contributed by atoms with Gasteiger partial charge in [-0.05, 0) is 145 Å². The van der Waals surface area contributed by atoms with Crippen LogP contribution in [0.3, 0.4) is 0 Å². The molecule has 0 fully saturated rings. The van der Waals surface area contributed by atoms with E-state index >= 15 is 0 Å². The number of benzene rings is 13. The summed E-state index contributed by atoms with van der Waals surface area (Å²) in [6.07, 6.45) is 0. The summed E-state index contributed by atoms with van der Waals surface area (Å²) < 4.78 is 2.75. The third kappa shape index (κ3) is 6.92. The summed E-state index contributed by atoms with van der Waals surface area (Å²) in [6.45, 7) is -0.146. The topological polar surface area (TPSA) is 27.2 Å². The van der Waals surface area contributed by atoms with Crippen molar-refractivity contribution in [3.8, 4) is 66.8 Å². The lowest BCUT2D eigenvalue weighted by molar-refractivity contribution is 1.26. The third-order valence-electron chi connectivity index (χ3n) is 18.3. The summed E-state index contributed by atoms with van der Waals surface area (Å²) in [5.41, 5.74) is 31.4. The van der Waals surface area contributed by atoms with Crippen LogP contribution in [0.15, 0.2) is 291 Å². The lowest BCUT2D eigenvalue weighted by Gasteiger charge is -2.41. The van der Waals surface area contributed by atoms with Crippen molar-refractivity contribution in [1.82, 2.24) is 9.46 Å². The fraction of sp³-hybridized carbons (Fsp3) is 0. The summed E-state index contributed by atoms with van der Waals surface area (Å²) >= 11 is 0. The Bertz CT molecular complexity index is 5150. The van der Waals surface area contributed by atoms with Crippen LogP contribution in [-0.4, -0.2) is 23.6 Å². The number of H-pyrrole nitrogens is 1. The maximum atomic E-state index is 4.23. The van der Waals surface area contributed by atoms with E-state index in [1.165, 1.54) is 144 Å². The van der Waals surface area contributed by atoms with Gasteiger partial charge in [-0.3, -0.25) is 0 Å². The van der Waals surface area contributed by atoms with Gasteiger partial charge in [0.1, 0.15) is 0 Å². The number of aromatic amines is 1. The number of hydrogen-bond acceptors (Lipinski definition) is 2. The predicted octanol–water partition coefficient (Wildman–Crippen LogP) is 17.4. The maximum absolute atomic E-state index is 4.23. The van der Waals surface area contributed by atoms with Crippen LogP contribution < -0.4 is 31.7 Å². The first-order valence-corrected chi connectivity index (χ1v) is 29.2. The van der Waals surface area contributed by atoms with E-state index in [0.717, 1.165) is 29.7 Å². The molecule has 0 spiro atoms. The Morgan fingerprint density at radius 3 is 1.48 bits per heavy atom. The molecule has 1 N–H and O–H groups in total. The van der Waals surface area contributed by atoms with Crippen molar-refractivity contribution in [2.24, 2.45) is 0 Å². The molecule has 13 aromatic carbocycles. The highest BCUT2D eigenvalue weighted by molar-refractivity contribution is 6.90. The van der Waals surface area contributed by atoms with Gasteiger partial charge in [0.15, 0.2) is 7.28 Å². The van der Waals surface area contributed by atoms with Crippen LogP contribution in [0.1, 0.15) is 0 Å². The Morgan fingerprint density at radius 2 is 0.833 bits per heavy atom. The Kier molecular flexibility index (Phi) is 10.2. The lowest BCUT2D eigenvalue weighted by Crippen LogP contribution is -2.56. The van der Waals surface area contributed by atoms with Crippen LogP contribution in [-0.2, 0) is 0 Å². The minimum atomic E-state index is -0.146. The molecule has 0 saturated heterocycles. The van der Waals surface area contributed by atoms with Crippen molar-refractivity contribution < 1.29 is 0 Å². The van der Waals surface area contributed by atoms with Gasteiger partial charge in [0.25, 0.3) is 0 Å². The molecule has 2 aromatic heterocycles. The van der Waals surface area contributed by atoms with E-state index < -0.39 is 0 Å². The molecule has 84 heavy (non-hydrogen) atoms. The average Bonchev–Trinajstić information content (AvgIpc) is 1.50. The number of rotatable bonds is 7. The number of hydrogen-bond donors (Lipinski definition) is 1. The summed E-state index contributed by atoms with van der Waals surface area (Å²) in [5, 5.41) is 4.95. The highest BCUT2D eigenvalue weighted by Gasteiger charge is 2.45. The fourth-order valence-electron chi connectivity index (χ4n) is 14.7. The molecule has 3 aliphatic heterocycles. The van der Waals surface area contributed by atoms with Gasteiger partial charge < -0.3 is 19.3 Å². The molecule has 0 aliphatic carbocycles. The first kappa shape index (κ1) is 46.9. The van der Waals surface area contributed by atoms with Crippen molar-refractivity contribution in [2.45, 2.75) is 0 Å². The Labute approximate surface area is 488 Å². The predicted molar refractivity (Wildman–Crippen MR) is 358 cm³/mol. The smallest absolute Gasteiger partial charge is 0.333 e. The average molecular weight is 1060 g/mol. The van der Waals surface area contributed by atoms with E-state index in [1.807, 2.05) is 0 Å². The number of para-hydroxylation sites is 4. The van der Waals surface area contributed by atoms with Crippen molar-refractivity contribution in [2.75, 3.05) is 9.80 Å². The van der Waals surface area contributed by atoms with Crippen LogP contribution in [0.4, 0.5) is 34.1 Å². The standard InChI is InChI=1S/C78H50B2N4/c1-5-21-49(22-6-1)53-37-41-57(42-38-53)82-67-35-19-15-31-63(67)79-75-61(45-55(47-69(75)82)51-25-9-3-10-26-51)72-73-60-30-14-18-34-66(60)84-78(73)74(71-59-29-13-17-33-65(59)81-77(71)72)62-46-56(52-27-11-4-12-28-52)48-70-76(62)80(84)64-32-16-20-36-68(64)83(70)58-43-39-54(40-44-58)50-23-7-2-8-24-50/h1-48,79,81H. The van der Waals surface area contributed by atoms with Gasteiger partial charge >= 0.3 is 6.85 Å². The van der Waals surface area contributed by atoms with Gasteiger partial charge in [0.05, 0.1) is 5.52 Å². The first-order valence-electron chi connectivity index (χ1n) is 29.2. The van der Waals surface area contributed by atoms with Crippen molar-refractivity contribution >= 4 is 114 Å². The van der Waals surface area contributed by atoms with Gasteiger partial charge in [-0.15, -0.1) is 0 Å². The van der Waals surface area contributed by atoms with Gasteiger partial charge in [-0.1, -0.05) is 224 Å². The van der Waals surface area contributed by atoms with Crippen molar-refractivity contribution in [3.05, 3.63) is 291 Å². The molecular weight excluding hydrogens is 1010 g/mol. The van der Waals surface area contributed by atoms with Gasteiger partial charge in [-0.2, -0.15) is 0 Å². The fourth-order valence-corrected chi connectivity index (χ4v) is 14.7. The normalized spacial score (nSPS) is 12.8. The largest absolute Gasteiger partial charge is 0.375 e. The molecule has 0 atom stereocenters. The summed E-state index contributed by atoms with van der Waals surface area (Å²) in [5.74, 6) is 0. The second-order valence-corrected chi connectivity index (χ2v) is 22.8. The lowest BCUT2D eigenvalue weighted by atomic mass is 9.45. The van der Waals surface area contributed by atoms with E-state index in [1.54, 1.807) is 0 Å². The molecule has 5 heterocycles. The quantitative estimate of drug-likeness (QED) is 0.161. The molecule has 0 radical (unpaired) electrons. The summed E-state index contributed by atoms with van der Waals surface area (Å²) in [7, 11) is 0.767. The molecule has 0 unspecified atom stereocenters. The number of fused-ring (bicyclic) bond motifs is 13. The first-order chi connectivity index (χ1) is 41.7. The zero-order valence-electron chi connectivity index (χ0n) is 45.8. The second kappa shape index (κ2) is 18.4. The molecule has 18 rings (SSSR count). The van der Waals surface area contributed by atoms with Crippen LogP contribution in [0.25, 0.3) is 110 Å². The summed E-state index contributed by atoms with van der Waals surface area (Å²) in [4.78, 5) is 9.30. The van der Waals surface area contributed by atoms with E-state index in [4.69, 9.17) is 0 Å². The molecule has 0 saturated carbocycles.